The fraction of sp³-hybridized carbons (Fsp3) is 0.727. The molecule has 1 heterocycles. The number of nitrogens with two attached hydrogens (primary N) is 1. The highest BCUT2D eigenvalue weighted by molar-refractivity contribution is 5.87. The molecular formula is C11H18N2O. The van der Waals surface area contributed by atoms with E-state index in [1.54, 1.807) is 0 Å². The van der Waals surface area contributed by atoms with Crippen molar-refractivity contribution in [2.45, 2.75) is 31.7 Å². The van der Waals surface area contributed by atoms with Gasteiger partial charge < -0.3 is 10.6 Å². The maximum absolute atomic E-state index is 11.3. The van der Waals surface area contributed by atoms with Gasteiger partial charge >= 0.3 is 0 Å². The Kier molecular flexibility index (Phi) is 2.35. The van der Waals surface area contributed by atoms with Gasteiger partial charge in [0, 0.05) is 19.1 Å². The summed E-state index contributed by atoms with van der Waals surface area (Å²) in [6.07, 6.45) is 5.97. The Bertz CT molecular complexity index is 246. The van der Waals surface area contributed by atoms with Crippen LogP contribution < -0.4 is 5.73 Å². The second-order valence-corrected chi connectivity index (χ2v) is 4.70. The number of hydrogen-bond donors (Lipinski definition) is 1. The Hall–Kier alpha value is -0.830. The zero-order chi connectivity index (χ0) is 10.2. The second-order valence-electron chi connectivity index (χ2n) is 4.70. The molecular weight excluding hydrogens is 176 g/mol. The summed E-state index contributed by atoms with van der Waals surface area (Å²) < 4.78 is 0. The van der Waals surface area contributed by atoms with Crippen molar-refractivity contribution in [1.82, 2.24) is 4.90 Å². The first-order valence-corrected chi connectivity index (χ1v) is 5.32. The number of carbonyl (C=O) groups excluding carboxylic acids is 1. The number of piperidine rings is 1. The van der Waals surface area contributed by atoms with E-state index in [1.807, 2.05) is 4.90 Å². The van der Waals surface area contributed by atoms with E-state index < -0.39 is 0 Å². The van der Waals surface area contributed by atoms with Crippen molar-refractivity contribution < 1.29 is 4.79 Å². The highest BCUT2D eigenvalue weighted by atomic mass is 16.2. The normalized spacial score (nSPS) is 25.9. The van der Waals surface area contributed by atoms with Gasteiger partial charge in [-0.25, -0.2) is 0 Å². The molecule has 14 heavy (non-hydrogen) atoms. The number of amides is 1. The number of nitrogens with zero attached hydrogens (tertiary/aromatic N) is 1. The predicted molar refractivity (Wildman–Crippen MR) is 55.7 cm³/mol. The summed E-state index contributed by atoms with van der Waals surface area (Å²) in [5.74, 6) is 0.0727. The number of carbonyl (C=O) groups is 1. The van der Waals surface area contributed by atoms with E-state index >= 15 is 0 Å². The Morgan fingerprint density at radius 2 is 2.00 bits per heavy atom. The molecule has 2 fully saturated rings. The van der Waals surface area contributed by atoms with E-state index in [1.165, 1.54) is 6.08 Å². The number of likely N-dealkylation sites (tertiary alicyclic amines) is 1. The molecule has 0 aromatic heterocycles. The van der Waals surface area contributed by atoms with Crippen LogP contribution in [0.4, 0.5) is 0 Å². The van der Waals surface area contributed by atoms with E-state index in [-0.39, 0.29) is 5.91 Å². The first-order valence-electron chi connectivity index (χ1n) is 5.32. The summed E-state index contributed by atoms with van der Waals surface area (Å²) in [5.41, 5.74) is 6.29. The lowest BCUT2D eigenvalue weighted by atomic mass is 9.61. The molecule has 1 aliphatic carbocycles. The van der Waals surface area contributed by atoms with Crippen molar-refractivity contribution in [2.24, 2.45) is 11.1 Å². The van der Waals surface area contributed by atoms with Crippen LogP contribution in [-0.2, 0) is 4.79 Å². The van der Waals surface area contributed by atoms with Crippen LogP contribution in [-0.4, -0.2) is 29.9 Å². The average molecular weight is 194 g/mol. The van der Waals surface area contributed by atoms with E-state index in [0.29, 0.717) is 11.5 Å². The molecule has 0 aromatic carbocycles. The average Bonchev–Trinajstić information content (AvgIpc) is 2.16. The quantitative estimate of drug-likeness (QED) is 0.630. The number of rotatable bonds is 1. The summed E-state index contributed by atoms with van der Waals surface area (Å²) in [7, 11) is 0. The molecule has 1 saturated heterocycles. The largest absolute Gasteiger partial charge is 0.339 e. The highest BCUT2D eigenvalue weighted by Gasteiger charge is 2.44. The van der Waals surface area contributed by atoms with E-state index in [0.717, 1.165) is 38.8 Å². The topological polar surface area (TPSA) is 46.3 Å². The molecule has 0 unspecified atom stereocenters. The zero-order valence-electron chi connectivity index (χ0n) is 8.54. The third-order valence-electron chi connectivity index (χ3n) is 3.70. The van der Waals surface area contributed by atoms with Crippen LogP contribution in [0, 0.1) is 5.41 Å². The third-order valence-corrected chi connectivity index (χ3v) is 3.70. The summed E-state index contributed by atoms with van der Waals surface area (Å²) in [5, 5.41) is 0. The van der Waals surface area contributed by atoms with Crippen molar-refractivity contribution in [3.8, 4) is 0 Å². The lowest BCUT2D eigenvalue weighted by Gasteiger charge is -2.51. The molecule has 1 spiro atoms. The Morgan fingerprint density at radius 1 is 1.43 bits per heavy atom. The van der Waals surface area contributed by atoms with Gasteiger partial charge in [0.05, 0.1) is 0 Å². The molecule has 1 amide bonds. The van der Waals surface area contributed by atoms with Gasteiger partial charge in [-0.3, -0.25) is 4.79 Å². The van der Waals surface area contributed by atoms with Crippen LogP contribution in [0.15, 0.2) is 12.7 Å². The summed E-state index contributed by atoms with van der Waals surface area (Å²) in [4.78, 5) is 13.2. The van der Waals surface area contributed by atoms with Crippen LogP contribution in [0.3, 0.4) is 0 Å². The van der Waals surface area contributed by atoms with Gasteiger partial charge in [0.25, 0.3) is 0 Å². The van der Waals surface area contributed by atoms with Gasteiger partial charge in [-0.05, 0) is 37.2 Å². The number of hydrogen-bond acceptors (Lipinski definition) is 2. The highest BCUT2D eigenvalue weighted by Crippen LogP contribution is 2.48. The van der Waals surface area contributed by atoms with Crippen LogP contribution in [0.25, 0.3) is 0 Å². The van der Waals surface area contributed by atoms with Gasteiger partial charge in [0.1, 0.15) is 0 Å². The van der Waals surface area contributed by atoms with Crippen molar-refractivity contribution in [3.63, 3.8) is 0 Å². The van der Waals surface area contributed by atoms with E-state index in [4.69, 9.17) is 5.73 Å². The van der Waals surface area contributed by atoms with Crippen molar-refractivity contribution in [1.29, 1.82) is 0 Å². The minimum absolute atomic E-state index is 0.0727. The van der Waals surface area contributed by atoms with Gasteiger partial charge in [0.15, 0.2) is 0 Å². The molecule has 0 bridgehead atoms. The summed E-state index contributed by atoms with van der Waals surface area (Å²) in [6.45, 7) is 5.28. The van der Waals surface area contributed by atoms with Crippen molar-refractivity contribution >= 4 is 5.91 Å². The third kappa shape index (κ3) is 1.57. The monoisotopic (exact) mass is 194 g/mol. The van der Waals surface area contributed by atoms with Crippen LogP contribution in [0.5, 0.6) is 0 Å². The maximum atomic E-state index is 11.3. The smallest absolute Gasteiger partial charge is 0.245 e. The molecule has 0 aromatic rings. The van der Waals surface area contributed by atoms with Crippen molar-refractivity contribution in [3.05, 3.63) is 12.7 Å². The van der Waals surface area contributed by atoms with Crippen LogP contribution in [0.2, 0.25) is 0 Å². The summed E-state index contributed by atoms with van der Waals surface area (Å²) in [6, 6.07) is 0.414. The Morgan fingerprint density at radius 3 is 2.43 bits per heavy atom. The molecule has 78 valence electrons. The minimum atomic E-state index is 0.0727. The molecule has 2 aliphatic rings. The molecule has 2 rings (SSSR count). The minimum Gasteiger partial charge on any atom is -0.339 e. The van der Waals surface area contributed by atoms with Crippen LogP contribution in [0.1, 0.15) is 25.7 Å². The Labute approximate surface area is 84.9 Å². The lowest BCUT2D eigenvalue weighted by molar-refractivity contribution is -0.129. The van der Waals surface area contributed by atoms with Gasteiger partial charge in [-0.1, -0.05) is 6.58 Å². The first kappa shape index (κ1) is 9.71. The van der Waals surface area contributed by atoms with E-state index in [9.17, 15) is 4.79 Å². The maximum Gasteiger partial charge on any atom is 0.245 e. The molecule has 3 heteroatoms. The zero-order valence-corrected chi connectivity index (χ0v) is 8.54. The predicted octanol–water partition coefficient (Wildman–Crippen LogP) is 0.902. The molecule has 0 radical (unpaired) electrons. The lowest BCUT2D eigenvalue weighted by Crippen LogP contribution is -2.52. The molecule has 1 saturated carbocycles. The van der Waals surface area contributed by atoms with Gasteiger partial charge in [-0.15, -0.1) is 0 Å². The first-order chi connectivity index (χ1) is 6.65. The molecule has 1 aliphatic heterocycles. The summed E-state index contributed by atoms with van der Waals surface area (Å²) >= 11 is 0. The molecule has 0 atom stereocenters. The fourth-order valence-corrected chi connectivity index (χ4v) is 2.79. The fourth-order valence-electron chi connectivity index (χ4n) is 2.79. The SMILES string of the molecule is C=CC(=O)N1CCC2(CC1)CC(N)C2. The molecule has 3 nitrogen and oxygen atoms in total. The van der Waals surface area contributed by atoms with Crippen molar-refractivity contribution in [2.75, 3.05) is 13.1 Å². The standard InChI is InChI=1S/C11H18N2O/c1-2-10(14)13-5-3-11(4-6-13)7-9(12)8-11/h2,9H,1,3-8,12H2. The van der Waals surface area contributed by atoms with E-state index in [2.05, 4.69) is 6.58 Å². The van der Waals surface area contributed by atoms with Gasteiger partial charge in [-0.2, -0.15) is 0 Å². The second kappa shape index (κ2) is 3.39. The Balaban J connectivity index is 1.86. The van der Waals surface area contributed by atoms with Gasteiger partial charge in [0.2, 0.25) is 5.91 Å². The van der Waals surface area contributed by atoms with Crippen LogP contribution >= 0.6 is 0 Å². The molecule has 2 N–H and O–H groups in total.